The van der Waals surface area contributed by atoms with Crippen LogP contribution in [0.1, 0.15) is 64.2 Å². The van der Waals surface area contributed by atoms with Crippen molar-refractivity contribution in [2.24, 2.45) is 33.9 Å². The first-order valence-electron chi connectivity index (χ1n) is 13.1. The molecule has 0 spiro atoms. The summed E-state index contributed by atoms with van der Waals surface area (Å²) in [5.41, 5.74) is 0.726. The standard InChI is InChI=1S/C28H38N2O6/c1-3-26(31)34-18-4-5-19-35-27(32)22-10-6-20(7-11-22)21-8-12-23(13-9-21)28(33)36-25-16-14-24(15-17-25)30-29-2/h3,14-17,20-23H,1,4-13,18-19H2,2H3. The maximum atomic E-state index is 12.6. The van der Waals surface area contributed by atoms with Crippen molar-refractivity contribution in [3.8, 4) is 5.75 Å². The highest BCUT2D eigenvalue weighted by Crippen LogP contribution is 2.42. The SMILES string of the molecule is C=CC(=O)OCCCCOC(=O)C1CCC(C2CCC(C(=O)Oc3ccc(N=NC)cc3)CC2)CC1. The molecule has 2 saturated carbocycles. The maximum absolute atomic E-state index is 12.6. The summed E-state index contributed by atoms with van der Waals surface area (Å²) in [4.78, 5) is 36.0. The largest absolute Gasteiger partial charge is 0.465 e. The van der Waals surface area contributed by atoms with Gasteiger partial charge in [-0.1, -0.05) is 6.58 Å². The molecule has 0 saturated heterocycles. The molecule has 0 bridgehead atoms. The molecule has 0 atom stereocenters. The molecule has 0 amide bonds. The number of hydrogen-bond donors (Lipinski definition) is 0. The molecule has 1 aromatic carbocycles. The number of unbranched alkanes of at least 4 members (excludes halogenated alkanes) is 1. The zero-order chi connectivity index (χ0) is 25.8. The van der Waals surface area contributed by atoms with Gasteiger partial charge < -0.3 is 14.2 Å². The number of ether oxygens (including phenoxy) is 3. The fraction of sp³-hybridized carbons (Fsp3) is 0.607. The summed E-state index contributed by atoms with van der Waals surface area (Å²) < 4.78 is 15.9. The van der Waals surface area contributed by atoms with Crippen LogP contribution in [0.4, 0.5) is 5.69 Å². The molecule has 3 rings (SSSR count). The third-order valence-electron chi connectivity index (χ3n) is 7.34. The number of rotatable bonds is 11. The summed E-state index contributed by atoms with van der Waals surface area (Å²) in [6.07, 6.45) is 10.1. The molecule has 2 aliphatic carbocycles. The smallest absolute Gasteiger partial charge is 0.330 e. The van der Waals surface area contributed by atoms with E-state index in [1.165, 1.54) is 0 Å². The van der Waals surface area contributed by atoms with Gasteiger partial charge in [0.2, 0.25) is 0 Å². The Balaban J connectivity index is 1.30. The highest BCUT2D eigenvalue weighted by molar-refractivity contribution is 5.81. The molecule has 2 fully saturated rings. The van der Waals surface area contributed by atoms with Gasteiger partial charge in [-0.25, -0.2) is 4.79 Å². The molecular weight excluding hydrogens is 460 g/mol. The zero-order valence-electron chi connectivity index (χ0n) is 21.2. The number of carbonyl (C=O) groups is 3. The van der Waals surface area contributed by atoms with Gasteiger partial charge in [-0.2, -0.15) is 10.2 Å². The quantitative estimate of drug-likeness (QED) is 0.122. The van der Waals surface area contributed by atoms with E-state index in [1.54, 1.807) is 31.3 Å². The molecule has 1 aromatic rings. The van der Waals surface area contributed by atoms with Crippen LogP contribution in [0.25, 0.3) is 0 Å². The minimum Gasteiger partial charge on any atom is -0.465 e. The predicted molar refractivity (Wildman–Crippen MR) is 135 cm³/mol. The monoisotopic (exact) mass is 498 g/mol. The van der Waals surface area contributed by atoms with E-state index in [1.807, 2.05) is 0 Å². The molecular formula is C28H38N2O6. The van der Waals surface area contributed by atoms with Gasteiger partial charge in [-0.05, 0) is 100 Å². The number of nitrogens with zero attached hydrogens (tertiary/aromatic N) is 2. The van der Waals surface area contributed by atoms with Crippen LogP contribution < -0.4 is 4.74 Å². The van der Waals surface area contributed by atoms with E-state index < -0.39 is 5.97 Å². The van der Waals surface area contributed by atoms with Crippen molar-refractivity contribution in [3.05, 3.63) is 36.9 Å². The van der Waals surface area contributed by atoms with Crippen LogP contribution in [0.3, 0.4) is 0 Å². The summed E-state index contributed by atoms with van der Waals surface area (Å²) in [6, 6.07) is 7.06. The normalized spacial score (nSPS) is 24.1. The van der Waals surface area contributed by atoms with E-state index in [4.69, 9.17) is 14.2 Å². The first-order valence-corrected chi connectivity index (χ1v) is 13.1. The molecule has 36 heavy (non-hydrogen) atoms. The van der Waals surface area contributed by atoms with Crippen molar-refractivity contribution in [3.63, 3.8) is 0 Å². The minimum atomic E-state index is -0.431. The first kappa shape index (κ1) is 27.6. The van der Waals surface area contributed by atoms with Crippen molar-refractivity contribution in [1.82, 2.24) is 0 Å². The zero-order valence-corrected chi connectivity index (χ0v) is 21.2. The van der Waals surface area contributed by atoms with Crippen LogP contribution in [0.15, 0.2) is 47.1 Å². The average Bonchev–Trinajstić information content (AvgIpc) is 2.91. The number of benzene rings is 1. The van der Waals surface area contributed by atoms with Crippen LogP contribution in [-0.4, -0.2) is 38.2 Å². The molecule has 0 aromatic heterocycles. The van der Waals surface area contributed by atoms with E-state index in [9.17, 15) is 14.4 Å². The Labute approximate surface area is 213 Å². The maximum Gasteiger partial charge on any atom is 0.330 e. The van der Waals surface area contributed by atoms with Gasteiger partial charge in [0.1, 0.15) is 5.75 Å². The van der Waals surface area contributed by atoms with Crippen LogP contribution in [0.5, 0.6) is 5.75 Å². The predicted octanol–water partition coefficient (Wildman–Crippen LogP) is 5.97. The molecule has 8 nitrogen and oxygen atoms in total. The Bertz CT molecular complexity index is 897. The Morgan fingerprint density at radius 2 is 1.36 bits per heavy atom. The van der Waals surface area contributed by atoms with E-state index in [2.05, 4.69) is 16.8 Å². The Hall–Kier alpha value is -3.03. The van der Waals surface area contributed by atoms with Gasteiger partial charge in [0.15, 0.2) is 0 Å². The molecule has 0 heterocycles. The van der Waals surface area contributed by atoms with Gasteiger partial charge in [-0.15, -0.1) is 0 Å². The fourth-order valence-electron chi connectivity index (χ4n) is 5.27. The number of carbonyl (C=O) groups excluding carboxylic acids is 3. The van der Waals surface area contributed by atoms with E-state index in [0.717, 1.165) is 63.1 Å². The molecule has 2 aliphatic rings. The number of esters is 3. The van der Waals surface area contributed by atoms with E-state index >= 15 is 0 Å². The molecule has 0 aliphatic heterocycles. The summed E-state index contributed by atoms with van der Waals surface area (Å²) in [5, 5.41) is 7.69. The van der Waals surface area contributed by atoms with Gasteiger partial charge >= 0.3 is 17.9 Å². The fourth-order valence-corrected chi connectivity index (χ4v) is 5.27. The van der Waals surface area contributed by atoms with Crippen LogP contribution >= 0.6 is 0 Å². The third-order valence-corrected chi connectivity index (χ3v) is 7.34. The molecule has 0 radical (unpaired) electrons. The summed E-state index contributed by atoms with van der Waals surface area (Å²) in [7, 11) is 1.61. The Kier molecular flexibility index (Phi) is 11.1. The lowest BCUT2D eigenvalue weighted by Crippen LogP contribution is -2.31. The first-order chi connectivity index (χ1) is 17.5. The second-order valence-corrected chi connectivity index (χ2v) is 9.68. The second kappa shape index (κ2) is 14.5. The van der Waals surface area contributed by atoms with Crippen molar-refractivity contribution in [2.45, 2.75) is 64.2 Å². The molecule has 196 valence electrons. The summed E-state index contributed by atoms with van der Waals surface area (Å²) >= 11 is 0. The van der Waals surface area contributed by atoms with Gasteiger partial charge in [0.25, 0.3) is 0 Å². The highest BCUT2D eigenvalue weighted by Gasteiger charge is 2.35. The summed E-state index contributed by atoms with van der Waals surface area (Å²) in [5.74, 6) is 1.02. The Morgan fingerprint density at radius 1 is 0.833 bits per heavy atom. The van der Waals surface area contributed by atoms with Gasteiger partial charge in [0.05, 0.1) is 30.7 Å². The average molecular weight is 499 g/mol. The van der Waals surface area contributed by atoms with Crippen molar-refractivity contribution in [1.29, 1.82) is 0 Å². The molecule has 0 unspecified atom stereocenters. The van der Waals surface area contributed by atoms with Gasteiger partial charge in [0, 0.05) is 13.1 Å². The van der Waals surface area contributed by atoms with Gasteiger partial charge in [-0.3, -0.25) is 9.59 Å². The lowest BCUT2D eigenvalue weighted by Gasteiger charge is -2.36. The highest BCUT2D eigenvalue weighted by atomic mass is 16.5. The minimum absolute atomic E-state index is 0.0173. The number of hydrogen-bond acceptors (Lipinski definition) is 8. The Morgan fingerprint density at radius 3 is 1.89 bits per heavy atom. The van der Waals surface area contributed by atoms with Crippen molar-refractivity contribution in [2.75, 3.05) is 20.3 Å². The third kappa shape index (κ3) is 8.57. The van der Waals surface area contributed by atoms with Crippen LogP contribution in [-0.2, 0) is 23.9 Å². The number of azo groups is 1. The van der Waals surface area contributed by atoms with Crippen molar-refractivity contribution < 1.29 is 28.6 Å². The van der Waals surface area contributed by atoms with E-state index in [-0.39, 0.29) is 23.8 Å². The summed E-state index contributed by atoms with van der Waals surface area (Å²) in [6.45, 7) is 4.02. The van der Waals surface area contributed by atoms with Crippen LogP contribution in [0.2, 0.25) is 0 Å². The van der Waals surface area contributed by atoms with E-state index in [0.29, 0.717) is 43.6 Å². The molecule has 8 heteroatoms. The second-order valence-electron chi connectivity index (χ2n) is 9.68. The molecule has 0 N–H and O–H groups in total. The lowest BCUT2D eigenvalue weighted by molar-refractivity contribution is -0.151. The lowest BCUT2D eigenvalue weighted by atomic mass is 9.69. The topological polar surface area (TPSA) is 104 Å². The van der Waals surface area contributed by atoms with Crippen molar-refractivity contribution >= 4 is 23.6 Å². The van der Waals surface area contributed by atoms with Crippen LogP contribution in [0, 0.1) is 23.7 Å².